The van der Waals surface area contributed by atoms with Gasteiger partial charge in [0.15, 0.2) is 0 Å². The minimum atomic E-state index is -0.392. The van der Waals surface area contributed by atoms with Crippen molar-refractivity contribution in [3.05, 3.63) is 71.9 Å². The number of hydrogen-bond acceptors (Lipinski definition) is 3. The SMILES string of the molecule is O=C1Nc2ccccc2C(=O)C1=CNc1ccccc1. The summed E-state index contributed by atoms with van der Waals surface area (Å²) in [5.41, 5.74) is 1.99. The number of carbonyl (C=O) groups excluding carboxylic acids is 2. The van der Waals surface area contributed by atoms with E-state index < -0.39 is 5.91 Å². The molecule has 4 heteroatoms. The van der Waals surface area contributed by atoms with Gasteiger partial charge in [-0.15, -0.1) is 0 Å². The number of benzene rings is 2. The highest BCUT2D eigenvalue weighted by molar-refractivity contribution is 6.34. The third-order valence-corrected chi connectivity index (χ3v) is 3.07. The molecule has 0 saturated carbocycles. The van der Waals surface area contributed by atoms with Crippen LogP contribution in [-0.2, 0) is 4.79 Å². The van der Waals surface area contributed by atoms with Gasteiger partial charge in [0.2, 0.25) is 5.78 Å². The lowest BCUT2D eigenvalue weighted by atomic mass is 9.97. The zero-order chi connectivity index (χ0) is 13.9. The molecule has 2 N–H and O–H groups in total. The van der Waals surface area contributed by atoms with Crippen molar-refractivity contribution in [2.24, 2.45) is 0 Å². The molecule has 0 radical (unpaired) electrons. The van der Waals surface area contributed by atoms with Crippen molar-refractivity contribution < 1.29 is 9.59 Å². The van der Waals surface area contributed by atoms with E-state index in [1.165, 1.54) is 6.20 Å². The van der Waals surface area contributed by atoms with E-state index in [-0.39, 0.29) is 11.4 Å². The molecular weight excluding hydrogens is 252 g/mol. The van der Waals surface area contributed by atoms with Crippen LogP contribution in [0, 0.1) is 0 Å². The largest absolute Gasteiger partial charge is 0.361 e. The molecule has 0 atom stereocenters. The lowest BCUT2D eigenvalue weighted by molar-refractivity contribution is -0.112. The molecule has 0 fully saturated rings. The van der Waals surface area contributed by atoms with E-state index in [1.54, 1.807) is 24.3 Å². The molecule has 0 unspecified atom stereocenters. The van der Waals surface area contributed by atoms with E-state index >= 15 is 0 Å². The van der Waals surface area contributed by atoms with Crippen LogP contribution in [0.3, 0.4) is 0 Å². The van der Waals surface area contributed by atoms with Gasteiger partial charge in [0, 0.05) is 17.5 Å². The number of ketones is 1. The van der Waals surface area contributed by atoms with Gasteiger partial charge < -0.3 is 10.6 Å². The molecule has 1 heterocycles. The maximum atomic E-state index is 12.3. The summed E-state index contributed by atoms with van der Waals surface area (Å²) < 4.78 is 0. The number of anilines is 2. The number of carbonyl (C=O) groups is 2. The highest BCUT2D eigenvalue weighted by Crippen LogP contribution is 2.24. The van der Waals surface area contributed by atoms with Crippen molar-refractivity contribution in [3.63, 3.8) is 0 Å². The zero-order valence-corrected chi connectivity index (χ0v) is 10.6. The molecule has 98 valence electrons. The van der Waals surface area contributed by atoms with Crippen LogP contribution in [0.4, 0.5) is 11.4 Å². The van der Waals surface area contributed by atoms with Crippen LogP contribution in [0.15, 0.2) is 66.4 Å². The van der Waals surface area contributed by atoms with Crippen molar-refractivity contribution in [2.75, 3.05) is 10.6 Å². The molecule has 1 amide bonds. The smallest absolute Gasteiger partial charge is 0.261 e. The van der Waals surface area contributed by atoms with Crippen LogP contribution < -0.4 is 10.6 Å². The van der Waals surface area contributed by atoms with E-state index in [2.05, 4.69) is 10.6 Å². The van der Waals surface area contributed by atoms with Crippen LogP contribution in [0.1, 0.15) is 10.4 Å². The van der Waals surface area contributed by atoms with E-state index in [0.29, 0.717) is 11.3 Å². The lowest BCUT2D eigenvalue weighted by Crippen LogP contribution is -2.28. The Labute approximate surface area is 116 Å². The fraction of sp³-hybridized carbons (Fsp3) is 0. The van der Waals surface area contributed by atoms with E-state index in [4.69, 9.17) is 0 Å². The van der Waals surface area contributed by atoms with Crippen molar-refractivity contribution in [2.45, 2.75) is 0 Å². The summed E-state index contributed by atoms with van der Waals surface area (Å²) in [5, 5.41) is 5.67. The lowest BCUT2D eigenvalue weighted by Gasteiger charge is -2.17. The Balaban J connectivity index is 1.91. The molecule has 1 aliphatic rings. The highest BCUT2D eigenvalue weighted by atomic mass is 16.2. The van der Waals surface area contributed by atoms with Gasteiger partial charge in [-0.2, -0.15) is 0 Å². The number of hydrogen-bond donors (Lipinski definition) is 2. The fourth-order valence-electron chi connectivity index (χ4n) is 2.05. The first-order valence-electron chi connectivity index (χ1n) is 6.22. The molecule has 4 nitrogen and oxygen atoms in total. The number of rotatable bonds is 2. The first kappa shape index (κ1) is 12.2. The summed E-state index contributed by atoms with van der Waals surface area (Å²) in [6, 6.07) is 16.3. The number of nitrogens with one attached hydrogen (secondary N) is 2. The van der Waals surface area contributed by atoms with Crippen molar-refractivity contribution in [1.82, 2.24) is 0 Å². The molecule has 20 heavy (non-hydrogen) atoms. The van der Waals surface area contributed by atoms with Gasteiger partial charge in [0.1, 0.15) is 5.57 Å². The van der Waals surface area contributed by atoms with E-state index in [0.717, 1.165) is 5.69 Å². The van der Waals surface area contributed by atoms with Gasteiger partial charge in [-0.05, 0) is 24.3 Å². The van der Waals surface area contributed by atoms with Crippen LogP contribution in [0.25, 0.3) is 0 Å². The molecule has 0 spiro atoms. The molecule has 3 rings (SSSR count). The third kappa shape index (κ3) is 2.19. The first-order valence-corrected chi connectivity index (χ1v) is 6.22. The monoisotopic (exact) mass is 264 g/mol. The second kappa shape index (κ2) is 5.01. The Morgan fingerprint density at radius 3 is 2.40 bits per heavy atom. The average Bonchev–Trinajstić information content (AvgIpc) is 2.48. The number of amides is 1. The Morgan fingerprint density at radius 1 is 0.900 bits per heavy atom. The van der Waals surface area contributed by atoms with E-state index in [1.807, 2.05) is 30.3 Å². The molecule has 0 aliphatic carbocycles. The summed E-state index contributed by atoms with van der Waals surface area (Å²) in [6.07, 6.45) is 1.45. The Morgan fingerprint density at radius 2 is 1.60 bits per heavy atom. The maximum absolute atomic E-state index is 12.3. The highest BCUT2D eigenvalue weighted by Gasteiger charge is 2.27. The second-order valence-electron chi connectivity index (χ2n) is 4.40. The molecule has 0 aromatic heterocycles. The Bertz CT molecular complexity index is 705. The molecule has 1 aliphatic heterocycles. The predicted octanol–water partition coefficient (Wildman–Crippen LogP) is 2.82. The minimum absolute atomic E-state index is 0.104. The van der Waals surface area contributed by atoms with Crippen molar-refractivity contribution in [1.29, 1.82) is 0 Å². The first-order chi connectivity index (χ1) is 9.75. The Kier molecular flexibility index (Phi) is 3.05. The maximum Gasteiger partial charge on any atom is 0.261 e. The van der Waals surface area contributed by atoms with Crippen molar-refractivity contribution in [3.8, 4) is 0 Å². The van der Waals surface area contributed by atoms with Gasteiger partial charge >= 0.3 is 0 Å². The van der Waals surface area contributed by atoms with Gasteiger partial charge in [-0.25, -0.2) is 0 Å². The quantitative estimate of drug-likeness (QED) is 0.647. The molecular formula is C16H12N2O2. The number of fused-ring (bicyclic) bond motifs is 1. The van der Waals surface area contributed by atoms with Gasteiger partial charge in [0.25, 0.3) is 5.91 Å². The molecule has 0 saturated heterocycles. The summed E-state index contributed by atoms with van der Waals surface area (Å²) >= 11 is 0. The van der Waals surface area contributed by atoms with E-state index in [9.17, 15) is 9.59 Å². The fourth-order valence-corrected chi connectivity index (χ4v) is 2.05. The van der Waals surface area contributed by atoms with Gasteiger partial charge in [0.05, 0.1) is 5.69 Å². The summed E-state index contributed by atoms with van der Waals surface area (Å²) in [4.78, 5) is 24.2. The van der Waals surface area contributed by atoms with Crippen molar-refractivity contribution >= 4 is 23.1 Å². The van der Waals surface area contributed by atoms with Crippen LogP contribution in [0.2, 0.25) is 0 Å². The topological polar surface area (TPSA) is 58.2 Å². The average molecular weight is 264 g/mol. The standard InChI is InChI=1S/C16H12N2O2/c19-15-12-8-4-5-9-14(12)18-16(20)13(15)10-17-11-6-2-1-3-7-11/h1-10,17H,(H,18,20). The summed E-state index contributed by atoms with van der Waals surface area (Å²) in [5.74, 6) is -0.662. The van der Waals surface area contributed by atoms with Crippen LogP contribution in [0.5, 0.6) is 0 Å². The second-order valence-corrected chi connectivity index (χ2v) is 4.40. The zero-order valence-electron chi connectivity index (χ0n) is 10.6. The Hall–Kier alpha value is -2.88. The molecule has 2 aromatic carbocycles. The molecule has 0 bridgehead atoms. The van der Waals surface area contributed by atoms with Gasteiger partial charge in [-0.1, -0.05) is 30.3 Å². The predicted molar refractivity (Wildman–Crippen MR) is 77.5 cm³/mol. The number of Topliss-reactive ketones (excluding diaryl/α,β-unsaturated/α-hetero) is 1. The summed E-state index contributed by atoms with van der Waals surface area (Å²) in [7, 11) is 0. The minimum Gasteiger partial charge on any atom is -0.361 e. The van der Waals surface area contributed by atoms with Crippen LogP contribution in [-0.4, -0.2) is 11.7 Å². The van der Waals surface area contributed by atoms with Crippen LogP contribution >= 0.6 is 0 Å². The van der Waals surface area contributed by atoms with Gasteiger partial charge in [-0.3, -0.25) is 9.59 Å². The third-order valence-electron chi connectivity index (χ3n) is 3.07. The normalized spacial score (nSPS) is 15.7. The summed E-state index contributed by atoms with van der Waals surface area (Å²) in [6.45, 7) is 0. The number of para-hydroxylation sites is 2. The molecule has 2 aromatic rings.